The van der Waals surface area contributed by atoms with Crippen LogP contribution in [0.4, 0.5) is 0 Å². The summed E-state index contributed by atoms with van der Waals surface area (Å²) < 4.78 is 11.3. The Balaban J connectivity index is 1.74. The summed E-state index contributed by atoms with van der Waals surface area (Å²) in [4.78, 5) is 12.1. The molecule has 134 valence electrons. The van der Waals surface area contributed by atoms with Crippen molar-refractivity contribution in [2.24, 2.45) is 0 Å². The van der Waals surface area contributed by atoms with Gasteiger partial charge < -0.3 is 14.8 Å². The molecule has 0 saturated heterocycles. The number of carbonyl (C=O) groups is 1. The zero-order chi connectivity index (χ0) is 18.1. The summed E-state index contributed by atoms with van der Waals surface area (Å²) in [6.45, 7) is 6.92. The topological polar surface area (TPSA) is 47.6 Å². The zero-order valence-corrected chi connectivity index (χ0v) is 15.2. The van der Waals surface area contributed by atoms with Gasteiger partial charge in [0.25, 0.3) is 5.91 Å². The molecule has 2 rings (SSSR count). The summed E-state index contributed by atoms with van der Waals surface area (Å²) in [7, 11) is 0. The minimum atomic E-state index is -0.458. The smallest absolute Gasteiger partial charge is 0.258 e. The molecule has 0 spiro atoms. The summed E-state index contributed by atoms with van der Waals surface area (Å²) in [5, 5.41) is 2.95. The first-order valence-corrected chi connectivity index (χ1v) is 8.63. The van der Waals surface area contributed by atoms with Crippen LogP contribution in [0, 0.1) is 0 Å². The van der Waals surface area contributed by atoms with Gasteiger partial charge in [-0.25, -0.2) is 0 Å². The fraction of sp³-hybridized carbons (Fsp3) is 0.381. The molecule has 0 aliphatic rings. The number of carbonyl (C=O) groups excluding carboxylic acids is 1. The Morgan fingerprint density at radius 2 is 1.76 bits per heavy atom. The van der Waals surface area contributed by atoms with Gasteiger partial charge in [-0.2, -0.15) is 0 Å². The van der Waals surface area contributed by atoms with Gasteiger partial charge in [-0.15, -0.1) is 0 Å². The quantitative estimate of drug-likeness (QED) is 0.756. The molecule has 0 aliphatic heterocycles. The molecule has 0 bridgehead atoms. The number of ether oxygens (including phenoxy) is 2. The number of hydrogen-bond acceptors (Lipinski definition) is 3. The van der Waals surface area contributed by atoms with E-state index < -0.39 is 5.54 Å². The third kappa shape index (κ3) is 6.98. The molecule has 0 atom stereocenters. The molecule has 1 N–H and O–H groups in total. The van der Waals surface area contributed by atoms with Crippen LogP contribution in [-0.4, -0.2) is 24.7 Å². The van der Waals surface area contributed by atoms with E-state index in [1.165, 1.54) is 5.56 Å². The SMILES string of the molecule is CCc1cccc(OCC(=O)NC(C)(C)COCc2ccccc2)c1. The van der Waals surface area contributed by atoms with Crippen molar-refractivity contribution >= 4 is 5.91 Å². The second-order valence-corrected chi connectivity index (χ2v) is 6.70. The van der Waals surface area contributed by atoms with E-state index in [0.717, 1.165) is 12.0 Å². The second-order valence-electron chi connectivity index (χ2n) is 6.70. The fourth-order valence-electron chi connectivity index (χ4n) is 2.45. The third-order valence-electron chi connectivity index (χ3n) is 3.73. The van der Waals surface area contributed by atoms with Gasteiger partial charge in [-0.1, -0.05) is 49.4 Å². The first-order chi connectivity index (χ1) is 12.0. The van der Waals surface area contributed by atoms with E-state index in [-0.39, 0.29) is 12.5 Å². The average molecular weight is 341 g/mol. The summed E-state index contributed by atoms with van der Waals surface area (Å²) in [6, 6.07) is 17.8. The molecule has 0 aromatic heterocycles. The Morgan fingerprint density at radius 3 is 2.48 bits per heavy atom. The highest BCUT2D eigenvalue weighted by atomic mass is 16.5. The molecule has 0 unspecified atom stereocenters. The number of hydrogen-bond donors (Lipinski definition) is 1. The molecule has 4 nitrogen and oxygen atoms in total. The highest BCUT2D eigenvalue weighted by Gasteiger charge is 2.21. The van der Waals surface area contributed by atoms with Crippen LogP contribution in [0.25, 0.3) is 0 Å². The van der Waals surface area contributed by atoms with Crippen molar-refractivity contribution in [1.82, 2.24) is 5.32 Å². The monoisotopic (exact) mass is 341 g/mol. The van der Waals surface area contributed by atoms with Crippen LogP contribution in [0.15, 0.2) is 54.6 Å². The minimum Gasteiger partial charge on any atom is -0.484 e. The second kappa shape index (κ2) is 9.23. The van der Waals surface area contributed by atoms with E-state index in [1.807, 2.05) is 68.4 Å². The molecule has 2 aromatic rings. The molecule has 0 fully saturated rings. The molecule has 0 aliphatic carbocycles. The number of amides is 1. The van der Waals surface area contributed by atoms with Gasteiger partial charge in [0.2, 0.25) is 0 Å². The van der Waals surface area contributed by atoms with E-state index in [0.29, 0.717) is 19.0 Å². The maximum Gasteiger partial charge on any atom is 0.258 e. The van der Waals surface area contributed by atoms with Gasteiger partial charge in [-0.05, 0) is 43.5 Å². The molecule has 2 aromatic carbocycles. The van der Waals surface area contributed by atoms with Crippen molar-refractivity contribution in [1.29, 1.82) is 0 Å². The predicted octanol–water partition coefficient (Wildman–Crippen LogP) is 3.74. The number of benzene rings is 2. The van der Waals surface area contributed by atoms with Crippen molar-refractivity contribution in [2.75, 3.05) is 13.2 Å². The van der Waals surface area contributed by atoms with Crippen LogP contribution in [0.2, 0.25) is 0 Å². The highest BCUT2D eigenvalue weighted by molar-refractivity contribution is 5.78. The van der Waals surface area contributed by atoms with Crippen LogP contribution in [-0.2, 0) is 22.6 Å². The van der Waals surface area contributed by atoms with Crippen LogP contribution < -0.4 is 10.1 Å². The zero-order valence-electron chi connectivity index (χ0n) is 15.2. The van der Waals surface area contributed by atoms with E-state index >= 15 is 0 Å². The first-order valence-electron chi connectivity index (χ1n) is 8.63. The van der Waals surface area contributed by atoms with Gasteiger partial charge in [0.05, 0.1) is 18.8 Å². The first kappa shape index (κ1) is 19.0. The highest BCUT2D eigenvalue weighted by Crippen LogP contribution is 2.13. The van der Waals surface area contributed by atoms with Crippen LogP contribution in [0.5, 0.6) is 5.75 Å². The van der Waals surface area contributed by atoms with Crippen molar-refractivity contribution in [3.05, 3.63) is 65.7 Å². The summed E-state index contributed by atoms with van der Waals surface area (Å²) in [6.07, 6.45) is 0.940. The standard InChI is InChI=1S/C21H27NO3/c1-4-17-11-8-12-19(13-17)25-15-20(23)22-21(2,3)16-24-14-18-9-6-5-7-10-18/h5-13H,4,14-16H2,1-3H3,(H,22,23). The summed E-state index contributed by atoms with van der Waals surface area (Å²) in [5.74, 6) is 0.558. The lowest BCUT2D eigenvalue weighted by molar-refractivity contribution is -0.125. The Labute approximate surface area is 150 Å². The summed E-state index contributed by atoms with van der Waals surface area (Å²) >= 11 is 0. The van der Waals surface area contributed by atoms with E-state index in [4.69, 9.17) is 9.47 Å². The Hall–Kier alpha value is -2.33. The molecule has 0 heterocycles. The number of rotatable bonds is 9. The number of aryl methyl sites for hydroxylation is 1. The Morgan fingerprint density at radius 1 is 1.04 bits per heavy atom. The third-order valence-corrected chi connectivity index (χ3v) is 3.73. The molecule has 25 heavy (non-hydrogen) atoms. The van der Waals surface area contributed by atoms with Crippen molar-refractivity contribution in [3.8, 4) is 5.75 Å². The fourth-order valence-corrected chi connectivity index (χ4v) is 2.45. The van der Waals surface area contributed by atoms with Crippen LogP contribution >= 0.6 is 0 Å². The molecular weight excluding hydrogens is 314 g/mol. The maximum absolute atomic E-state index is 12.1. The lowest BCUT2D eigenvalue weighted by atomic mass is 10.1. The normalized spacial score (nSPS) is 11.2. The Kier molecular flexibility index (Phi) is 7.02. The Bertz CT molecular complexity index is 668. The largest absolute Gasteiger partial charge is 0.484 e. The maximum atomic E-state index is 12.1. The molecule has 0 radical (unpaired) electrons. The van der Waals surface area contributed by atoms with Crippen molar-refractivity contribution in [2.45, 2.75) is 39.3 Å². The van der Waals surface area contributed by atoms with Crippen LogP contribution in [0.3, 0.4) is 0 Å². The minimum absolute atomic E-state index is 0.00468. The molecule has 1 amide bonds. The van der Waals surface area contributed by atoms with Gasteiger partial charge in [0, 0.05) is 0 Å². The lowest BCUT2D eigenvalue weighted by Crippen LogP contribution is -2.48. The summed E-state index contributed by atoms with van der Waals surface area (Å²) in [5.41, 5.74) is 1.84. The lowest BCUT2D eigenvalue weighted by Gasteiger charge is -2.26. The molecule has 0 saturated carbocycles. The molecular formula is C21H27NO3. The van der Waals surface area contributed by atoms with Crippen molar-refractivity contribution in [3.63, 3.8) is 0 Å². The predicted molar refractivity (Wildman–Crippen MR) is 99.6 cm³/mol. The van der Waals surface area contributed by atoms with Crippen molar-refractivity contribution < 1.29 is 14.3 Å². The van der Waals surface area contributed by atoms with E-state index in [2.05, 4.69) is 12.2 Å². The van der Waals surface area contributed by atoms with Gasteiger partial charge in [-0.3, -0.25) is 4.79 Å². The van der Waals surface area contributed by atoms with Crippen LogP contribution in [0.1, 0.15) is 31.9 Å². The van der Waals surface area contributed by atoms with Gasteiger partial charge in [0.15, 0.2) is 6.61 Å². The van der Waals surface area contributed by atoms with Gasteiger partial charge >= 0.3 is 0 Å². The average Bonchev–Trinajstić information content (AvgIpc) is 2.60. The van der Waals surface area contributed by atoms with E-state index in [1.54, 1.807) is 0 Å². The van der Waals surface area contributed by atoms with E-state index in [9.17, 15) is 4.79 Å². The van der Waals surface area contributed by atoms with Gasteiger partial charge in [0.1, 0.15) is 5.75 Å². The molecule has 4 heteroatoms. The number of nitrogens with one attached hydrogen (secondary N) is 1.